The fraction of sp³-hybridized carbons (Fsp3) is 0.412. The van der Waals surface area contributed by atoms with Crippen LogP contribution in [-0.2, 0) is 0 Å². The fourth-order valence-corrected chi connectivity index (χ4v) is 3.97. The number of hydrogen-bond acceptors (Lipinski definition) is 4. The quantitative estimate of drug-likeness (QED) is 0.854. The highest BCUT2D eigenvalue weighted by Crippen LogP contribution is 2.35. The normalized spacial score (nSPS) is 16.3. The second-order valence-corrected chi connectivity index (χ2v) is 6.69. The minimum Gasteiger partial charge on any atom is -0.507 e. The Balaban J connectivity index is 0.00000132. The van der Waals surface area contributed by atoms with Crippen molar-refractivity contribution in [2.24, 2.45) is 0 Å². The lowest BCUT2D eigenvalue weighted by Gasteiger charge is -2.35. The molecule has 1 aromatic heterocycles. The molecule has 2 N–H and O–H groups in total. The molecule has 1 saturated heterocycles. The zero-order valence-corrected chi connectivity index (χ0v) is 15.9. The summed E-state index contributed by atoms with van der Waals surface area (Å²) in [4.78, 5) is 3.91. The lowest BCUT2D eigenvalue weighted by molar-refractivity contribution is 0.200. The lowest BCUT2D eigenvalue weighted by Crippen LogP contribution is -2.45. The molecule has 0 amide bonds. The molecule has 0 unspecified atom stereocenters. The smallest absolute Gasteiger partial charge is 0.121 e. The number of rotatable bonds is 3. The second-order valence-electron chi connectivity index (χ2n) is 5.71. The number of benzene rings is 1. The number of thiophene rings is 1. The molecule has 0 saturated carbocycles. The Hall–Kier alpha value is -0.780. The highest BCUT2D eigenvalue weighted by molar-refractivity contribution is 7.10. The molecule has 3 rings (SSSR count). The lowest BCUT2D eigenvalue weighted by atomic mass is 9.97. The number of aromatic hydroxyl groups is 1. The summed E-state index contributed by atoms with van der Waals surface area (Å²) >= 11 is 1.81. The first-order valence-electron chi connectivity index (χ1n) is 7.45. The van der Waals surface area contributed by atoms with Gasteiger partial charge >= 0.3 is 0 Å². The molecule has 1 aliphatic rings. The predicted molar refractivity (Wildman–Crippen MR) is 103 cm³/mol. The van der Waals surface area contributed by atoms with E-state index in [0.717, 1.165) is 37.3 Å². The molecular weight excluding hydrogens is 351 g/mol. The third kappa shape index (κ3) is 4.40. The maximum atomic E-state index is 10.0. The highest BCUT2D eigenvalue weighted by atomic mass is 35.5. The molecule has 0 radical (unpaired) electrons. The van der Waals surface area contributed by atoms with Crippen molar-refractivity contribution in [3.63, 3.8) is 0 Å². The van der Waals surface area contributed by atoms with Crippen LogP contribution >= 0.6 is 36.2 Å². The van der Waals surface area contributed by atoms with Gasteiger partial charge in [-0.15, -0.1) is 36.2 Å². The van der Waals surface area contributed by atoms with E-state index in [2.05, 4.69) is 39.9 Å². The van der Waals surface area contributed by atoms with Gasteiger partial charge in [0.25, 0.3) is 0 Å². The maximum absolute atomic E-state index is 10.0. The summed E-state index contributed by atoms with van der Waals surface area (Å²) in [6.45, 7) is 8.16. The van der Waals surface area contributed by atoms with E-state index in [1.807, 2.05) is 25.2 Å². The maximum Gasteiger partial charge on any atom is 0.121 e. The van der Waals surface area contributed by atoms with Crippen LogP contribution in [-0.4, -0.2) is 36.2 Å². The van der Waals surface area contributed by atoms with E-state index in [9.17, 15) is 5.11 Å². The zero-order chi connectivity index (χ0) is 14.8. The first-order valence-corrected chi connectivity index (χ1v) is 8.33. The minimum atomic E-state index is 0. The largest absolute Gasteiger partial charge is 0.507 e. The Morgan fingerprint density at radius 3 is 2.26 bits per heavy atom. The number of halogens is 2. The van der Waals surface area contributed by atoms with Crippen LogP contribution in [0.1, 0.15) is 27.6 Å². The molecule has 0 spiro atoms. The van der Waals surface area contributed by atoms with Gasteiger partial charge in [0.1, 0.15) is 5.75 Å². The number of piperazine rings is 1. The molecule has 3 nitrogen and oxygen atoms in total. The van der Waals surface area contributed by atoms with Gasteiger partial charge in [-0.1, -0.05) is 18.2 Å². The molecular formula is C17H24Cl2N2OS. The summed E-state index contributed by atoms with van der Waals surface area (Å²) in [5.41, 5.74) is 3.20. The van der Waals surface area contributed by atoms with Crippen molar-refractivity contribution in [1.29, 1.82) is 0 Å². The van der Waals surface area contributed by atoms with Crippen LogP contribution in [0.15, 0.2) is 29.6 Å². The summed E-state index contributed by atoms with van der Waals surface area (Å²) in [7, 11) is 0. The number of nitrogens with zero attached hydrogens (tertiary/aromatic N) is 1. The molecule has 0 bridgehead atoms. The first-order chi connectivity index (χ1) is 10.2. The van der Waals surface area contributed by atoms with Crippen LogP contribution in [0.4, 0.5) is 0 Å². The van der Waals surface area contributed by atoms with Gasteiger partial charge in [0, 0.05) is 31.1 Å². The molecule has 128 valence electrons. The molecule has 23 heavy (non-hydrogen) atoms. The van der Waals surface area contributed by atoms with E-state index >= 15 is 0 Å². The Morgan fingerprint density at radius 1 is 1.13 bits per heavy atom. The monoisotopic (exact) mass is 374 g/mol. The van der Waals surface area contributed by atoms with E-state index in [4.69, 9.17) is 0 Å². The van der Waals surface area contributed by atoms with Crippen molar-refractivity contribution in [3.05, 3.63) is 51.2 Å². The van der Waals surface area contributed by atoms with E-state index in [1.165, 1.54) is 10.4 Å². The molecule has 1 fully saturated rings. The molecule has 1 aliphatic heterocycles. The molecule has 6 heteroatoms. The van der Waals surface area contributed by atoms with E-state index in [-0.39, 0.29) is 24.8 Å². The van der Waals surface area contributed by atoms with Crippen molar-refractivity contribution in [2.45, 2.75) is 19.9 Å². The van der Waals surface area contributed by atoms with Gasteiger partial charge in [-0.25, -0.2) is 0 Å². The zero-order valence-electron chi connectivity index (χ0n) is 13.4. The van der Waals surface area contributed by atoms with Crippen molar-refractivity contribution in [1.82, 2.24) is 10.2 Å². The standard InChI is InChI=1S/C17H22N2OS.2ClH/c1-12-10-14(11-13(2)17(12)20)16(15-4-3-9-21-15)19-7-5-18-6-8-19;;/h3-4,9-11,16,18,20H,5-8H2,1-2H3;2*1H/t16-;;/m0../s1. The van der Waals surface area contributed by atoms with Gasteiger partial charge in [0.15, 0.2) is 0 Å². The summed E-state index contributed by atoms with van der Waals surface area (Å²) in [6, 6.07) is 8.90. The SMILES string of the molecule is Cc1cc([C@@H](c2cccs2)N2CCNCC2)cc(C)c1O.Cl.Cl. The summed E-state index contributed by atoms with van der Waals surface area (Å²) in [6.07, 6.45) is 0. The van der Waals surface area contributed by atoms with Gasteiger partial charge in [-0.2, -0.15) is 0 Å². The molecule has 0 aliphatic carbocycles. The molecule has 1 atom stereocenters. The Labute approximate surface area is 154 Å². The number of hydrogen-bond donors (Lipinski definition) is 2. The van der Waals surface area contributed by atoms with Crippen LogP contribution in [0.3, 0.4) is 0 Å². The predicted octanol–water partition coefficient (Wildman–Crippen LogP) is 3.91. The Kier molecular flexibility index (Phi) is 7.84. The molecule has 1 aromatic carbocycles. The van der Waals surface area contributed by atoms with Crippen molar-refractivity contribution in [2.75, 3.05) is 26.2 Å². The topological polar surface area (TPSA) is 35.5 Å². The van der Waals surface area contributed by atoms with Crippen LogP contribution in [0.5, 0.6) is 5.75 Å². The minimum absolute atomic E-state index is 0. The van der Waals surface area contributed by atoms with Crippen LogP contribution in [0.2, 0.25) is 0 Å². The van der Waals surface area contributed by atoms with E-state index in [1.54, 1.807) is 0 Å². The summed E-state index contributed by atoms with van der Waals surface area (Å²) < 4.78 is 0. The average molecular weight is 375 g/mol. The van der Waals surface area contributed by atoms with Crippen LogP contribution in [0, 0.1) is 13.8 Å². The van der Waals surface area contributed by atoms with E-state index < -0.39 is 0 Å². The Bertz CT molecular complexity index is 590. The van der Waals surface area contributed by atoms with Crippen LogP contribution in [0.25, 0.3) is 0 Å². The second kappa shape index (κ2) is 8.90. The first kappa shape index (κ1) is 20.3. The highest BCUT2D eigenvalue weighted by Gasteiger charge is 2.25. The summed E-state index contributed by atoms with van der Waals surface area (Å²) in [5.74, 6) is 0.420. The number of phenolic OH excluding ortho intramolecular Hbond substituents is 1. The van der Waals surface area contributed by atoms with Gasteiger partial charge < -0.3 is 10.4 Å². The van der Waals surface area contributed by atoms with Crippen molar-refractivity contribution < 1.29 is 5.11 Å². The van der Waals surface area contributed by atoms with Crippen molar-refractivity contribution in [3.8, 4) is 5.75 Å². The Morgan fingerprint density at radius 2 is 1.74 bits per heavy atom. The third-order valence-electron chi connectivity index (χ3n) is 4.16. The van der Waals surface area contributed by atoms with Gasteiger partial charge in [-0.05, 0) is 42.0 Å². The molecule has 2 aromatic rings. The third-order valence-corrected chi connectivity index (χ3v) is 5.08. The summed E-state index contributed by atoms with van der Waals surface area (Å²) in [5, 5.41) is 15.6. The van der Waals surface area contributed by atoms with E-state index in [0.29, 0.717) is 11.8 Å². The molecule has 2 heterocycles. The number of nitrogens with one attached hydrogen (secondary N) is 1. The fourth-order valence-electron chi connectivity index (χ4n) is 3.09. The average Bonchev–Trinajstić information content (AvgIpc) is 3.00. The van der Waals surface area contributed by atoms with Crippen molar-refractivity contribution >= 4 is 36.2 Å². The van der Waals surface area contributed by atoms with Gasteiger partial charge in [-0.3, -0.25) is 4.90 Å². The van der Waals surface area contributed by atoms with Gasteiger partial charge in [0.2, 0.25) is 0 Å². The number of aryl methyl sites for hydroxylation is 2. The van der Waals surface area contributed by atoms with Crippen LogP contribution < -0.4 is 5.32 Å². The number of phenols is 1. The van der Waals surface area contributed by atoms with Gasteiger partial charge in [0.05, 0.1) is 6.04 Å².